The zero-order valence-corrected chi connectivity index (χ0v) is 12.7. The lowest BCUT2D eigenvalue weighted by Crippen LogP contribution is -2.26. The summed E-state index contributed by atoms with van der Waals surface area (Å²) < 4.78 is 11.1. The summed E-state index contributed by atoms with van der Waals surface area (Å²) >= 11 is 3.29. The van der Waals surface area contributed by atoms with Gasteiger partial charge in [0.25, 0.3) is 0 Å². The average Bonchev–Trinajstić information content (AvgIpc) is 2.39. The number of carbonyl (C=O) groups excluding carboxylic acids is 1. The van der Waals surface area contributed by atoms with Gasteiger partial charge in [-0.25, -0.2) is 9.59 Å². The third-order valence-electron chi connectivity index (χ3n) is 2.30. The van der Waals surface area contributed by atoms with Gasteiger partial charge in [-0.1, -0.05) is 15.9 Å². The predicted molar refractivity (Wildman–Crippen MR) is 77.5 cm³/mol. The number of ether oxygens (including phenoxy) is 2. The van der Waals surface area contributed by atoms with Gasteiger partial charge in [0.05, 0.1) is 6.61 Å². The van der Waals surface area contributed by atoms with Crippen molar-refractivity contribution in [2.24, 2.45) is 0 Å². The van der Waals surface area contributed by atoms with Gasteiger partial charge in [0.15, 0.2) is 6.10 Å². The molecular formula is C14H15BrO5. The normalized spacial score (nSPS) is 12.2. The first kappa shape index (κ1) is 16.2. The summed E-state index contributed by atoms with van der Waals surface area (Å²) in [5.41, 5.74) is 0.554. The van der Waals surface area contributed by atoms with Gasteiger partial charge < -0.3 is 14.6 Å². The summed E-state index contributed by atoms with van der Waals surface area (Å²) in [6, 6.07) is 5.10. The Morgan fingerprint density at radius 3 is 2.75 bits per heavy atom. The van der Waals surface area contributed by atoms with Gasteiger partial charge in [-0.15, -0.1) is 0 Å². The molecule has 0 radical (unpaired) electrons. The molecule has 6 heteroatoms. The maximum Gasteiger partial charge on any atom is 0.347 e. The van der Waals surface area contributed by atoms with Crippen molar-refractivity contribution in [1.82, 2.24) is 0 Å². The molecule has 1 atom stereocenters. The Morgan fingerprint density at radius 1 is 1.45 bits per heavy atom. The molecule has 0 spiro atoms. The predicted octanol–water partition coefficient (Wildman–Crippen LogP) is 2.88. The SMILES string of the molecule is CCOC(=O)C(C)Oc1ccc(Br)cc1/C=C/C(=O)O. The summed E-state index contributed by atoms with van der Waals surface area (Å²) in [4.78, 5) is 22.1. The molecule has 0 aliphatic rings. The van der Waals surface area contributed by atoms with Crippen LogP contribution in [0.25, 0.3) is 6.08 Å². The molecule has 0 aromatic heterocycles. The Labute approximate surface area is 125 Å². The number of esters is 1. The Hall–Kier alpha value is -1.82. The summed E-state index contributed by atoms with van der Waals surface area (Å²) in [5.74, 6) is -1.12. The topological polar surface area (TPSA) is 72.8 Å². The smallest absolute Gasteiger partial charge is 0.347 e. The number of benzene rings is 1. The van der Waals surface area contributed by atoms with Crippen LogP contribution in [0.4, 0.5) is 0 Å². The average molecular weight is 343 g/mol. The van der Waals surface area contributed by atoms with Gasteiger partial charge in [0, 0.05) is 16.1 Å². The Morgan fingerprint density at radius 2 is 2.15 bits per heavy atom. The molecule has 20 heavy (non-hydrogen) atoms. The number of rotatable bonds is 6. The van der Waals surface area contributed by atoms with E-state index < -0.39 is 18.0 Å². The largest absolute Gasteiger partial charge is 0.478 e. The second-order valence-corrected chi connectivity index (χ2v) is 4.78. The molecule has 1 aromatic rings. The number of carboxylic acid groups (broad SMARTS) is 1. The van der Waals surface area contributed by atoms with Crippen molar-refractivity contribution >= 4 is 33.9 Å². The molecule has 1 N–H and O–H groups in total. The van der Waals surface area contributed by atoms with Crippen LogP contribution in [0.5, 0.6) is 5.75 Å². The van der Waals surface area contributed by atoms with E-state index in [1.165, 1.54) is 6.08 Å². The van der Waals surface area contributed by atoms with Gasteiger partial charge in [-0.2, -0.15) is 0 Å². The van der Waals surface area contributed by atoms with Crippen molar-refractivity contribution in [1.29, 1.82) is 0 Å². The van der Waals surface area contributed by atoms with Gasteiger partial charge in [-0.3, -0.25) is 0 Å². The van der Waals surface area contributed by atoms with Crippen molar-refractivity contribution < 1.29 is 24.2 Å². The summed E-state index contributed by atoms with van der Waals surface area (Å²) in [6.45, 7) is 3.56. The molecular weight excluding hydrogens is 328 g/mol. The van der Waals surface area contributed by atoms with E-state index >= 15 is 0 Å². The monoisotopic (exact) mass is 342 g/mol. The lowest BCUT2D eigenvalue weighted by atomic mass is 10.2. The fourth-order valence-electron chi connectivity index (χ4n) is 1.42. The molecule has 108 valence electrons. The van der Waals surface area contributed by atoms with Crippen LogP contribution in [0.3, 0.4) is 0 Å². The van der Waals surface area contributed by atoms with Crippen LogP contribution >= 0.6 is 15.9 Å². The van der Waals surface area contributed by atoms with Crippen LogP contribution in [-0.4, -0.2) is 29.8 Å². The van der Waals surface area contributed by atoms with Crippen LogP contribution in [-0.2, 0) is 14.3 Å². The molecule has 1 unspecified atom stereocenters. The number of halogens is 1. The highest BCUT2D eigenvalue weighted by Gasteiger charge is 2.17. The third kappa shape index (κ3) is 5.05. The minimum atomic E-state index is -1.06. The molecule has 5 nitrogen and oxygen atoms in total. The molecule has 1 aromatic carbocycles. The fourth-order valence-corrected chi connectivity index (χ4v) is 1.79. The van der Waals surface area contributed by atoms with Crippen LogP contribution in [0.1, 0.15) is 19.4 Å². The molecule has 0 aliphatic heterocycles. The summed E-state index contributed by atoms with van der Waals surface area (Å²) in [5, 5.41) is 8.66. The van der Waals surface area contributed by atoms with E-state index in [-0.39, 0.29) is 6.61 Å². The highest BCUT2D eigenvalue weighted by molar-refractivity contribution is 9.10. The fraction of sp³-hybridized carbons (Fsp3) is 0.286. The molecule has 0 amide bonds. The van der Waals surface area contributed by atoms with E-state index in [9.17, 15) is 9.59 Å². The minimum absolute atomic E-state index is 0.276. The molecule has 0 aliphatic carbocycles. The number of hydrogen-bond acceptors (Lipinski definition) is 4. The van der Waals surface area contributed by atoms with Crippen molar-refractivity contribution in [3.8, 4) is 5.75 Å². The molecule has 0 heterocycles. The molecule has 0 fully saturated rings. The molecule has 1 rings (SSSR count). The van der Waals surface area contributed by atoms with Crippen LogP contribution in [0.2, 0.25) is 0 Å². The first-order valence-electron chi connectivity index (χ1n) is 5.98. The van der Waals surface area contributed by atoms with E-state index in [2.05, 4.69) is 15.9 Å². The Bertz CT molecular complexity index is 524. The lowest BCUT2D eigenvalue weighted by molar-refractivity contribution is -0.150. The lowest BCUT2D eigenvalue weighted by Gasteiger charge is -2.15. The van der Waals surface area contributed by atoms with Crippen LogP contribution < -0.4 is 4.74 Å². The van der Waals surface area contributed by atoms with E-state index in [0.29, 0.717) is 11.3 Å². The standard InChI is InChI=1S/C14H15BrO5/c1-3-19-14(18)9(2)20-12-6-5-11(15)8-10(12)4-7-13(16)17/h4-9H,3H2,1-2H3,(H,16,17)/b7-4+. The van der Waals surface area contributed by atoms with Gasteiger partial charge in [-0.05, 0) is 38.1 Å². The summed E-state index contributed by atoms with van der Waals surface area (Å²) in [6.07, 6.45) is 1.64. The number of hydrogen-bond donors (Lipinski definition) is 1. The molecule has 0 saturated heterocycles. The Kier molecular flexibility index (Phi) is 6.24. The molecule has 0 bridgehead atoms. The van der Waals surface area contributed by atoms with Gasteiger partial charge in [0.1, 0.15) is 5.75 Å². The maximum absolute atomic E-state index is 11.5. The zero-order chi connectivity index (χ0) is 15.1. The van der Waals surface area contributed by atoms with E-state index in [0.717, 1.165) is 10.5 Å². The Balaban J connectivity index is 2.94. The number of aliphatic carboxylic acids is 1. The minimum Gasteiger partial charge on any atom is -0.478 e. The van der Waals surface area contributed by atoms with Gasteiger partial charge in [0.2, 0.25) is 0 Å². The van der Waals surface area contributed by atoms with Crippen LogP contribution in [0.15, 0.2) is 28.7 Å². The highest BCUT2D eigenvalue weighted by Crippen LogP contribution is 2.25. The number of carbonyl (C=O) groups is 2. The maximum atomic E-state index is 11.5. The first-order chi connectivity index (χ1) is 9.43. The highest BCUT2D eigenvalue weighted by atomic mass is 79.9. The van der Waals surface area contributed by atoms with Crippen molar-refractivity contribution in [3.63, 3.8) is 0 Å². The van der Waals surface area contributed by atoms with E-state index in [1.807, 2.05) is 0 Å². The van der Waals surface area contributed by atoms with Crippen molar-refractivity contribution in [2.45, 2.75) is 20.0 Å². The van der Waals surface area contributed by atoms with Crippen molar-refractivity contribution in [3.05, 3.63) is 34.3 Å². The first-order valence-corrected chi connectivity index (χ1v) is 6.77. The zero-order valence-electron chi connectivity index (χ0n) is 11.1. The van der Waals surface area contributed by atoms with Crippen molar-refractivity contribution in [2.75, 3.05) is 6.61 Å². The summed E-state index contributed by atoms with van der Waals surface area (Å²) in [7, 11) is 0. The van der Waals surface area contributed by atoms with Gasteiger partial charge >= 0.3 is 11.9 Å². The van der Waals surface area contributed by atoms with E-state index in [4.69, 9.17) is 14.6 Å². The number of carboxylic acids is 1. The van der Waals surface area contributed by atoms with Crippen LogP contribution in [0, 0.1) is 0 Å². The quantitative estimate of drug-likeness (QED) is 0.635. The second-order valence-electron chi connectivity index (χ2n) is 3.87. The molecule has 0 saturated carbocycles. The van der Waals surface area contributed by atoms with E-state index in [1.54, 1.807) is 32.0 Å². The third-order valence-corrected chi connectivity index (χ3v) is 2.79. The second kappa shape index (κ2) is 7.69.